The number of halogens is 1. The van der Waals surface area contributed by atoms with Crippen LogP contribution in [0, 0.1) is 5.82 Å². The molecule has 4 nitrogen and oxygen atoms in total. The maximum Gasteiger partial charge on any atom is 0.137 e. The van der Waals surface area contributed by atoms with E-state index in [1.807, 2.05) is 6.07 Å². The van der Waals surface area contributed by atoms with Crippen LogP contribution in [0.1, 0.15) is 36.0 Å². The number of aliphatic hydroxyl groups is 1. The van der Waals surface area contributed by atoms with Crippen LogP contribution >= 0.6 is 0 Å². The van der Waals surface area contributed by atoms with E-state index in [-0.39, 0.29) is 5.82 Å². The number of nitrogens with one attached hydrogen (secondary N) is 1. The summed E-state index contributed by atoms with van der Waals surface area (Å²) < 4.78 is 13.3. The first-order valence-electron chi connectivity index (χ1n) is 8.78. The maximum atomic E-state index is 13.3. The SMILES string of the molecule is OC(CN1CCC(c2c[nH]c3ncccc23)CC1)c1cccc(F)c1. The summed E-state index contributed by atoms with van der Waals surface area (Å²) in [6.45, 7) is 2.42. The molecular formula is C20H22FN3O. The van der Waals surface area contributed by atoms with Crippen LogP contribution in [-0.2, 0) is 0 Å². The fourth-order valence-corrected chi connectivity index (χ4v) is 3.81. The van der Waals surface area contributed by atoms with Crippen LogP contribution in [0.4, 0.5) is 4.39 Å². The van der Waals surface area contributed by atoms with Crippen molar-refractivity contribution in [3.05, 3.63) is 65.7 Å². The molecule has 3 aromatic rings. The van der Waals surface area contributed by atoms with Crippen LogP contribution in [-0.4, -0.2) is 39.6 Å². The highest BCUT2D eigenvalue weighted by Gasteiger charge is 2.24. The van der Waals surface area contributed by atoms with Crippen LogP contribution in [0.25, 0.3) is 11.0 Å². The quantitative estimate of drug-likeness (QED) is 0.763. The Hall–Kier alpha value is -2.24. The normalized spacial score (nSPS) is 17.8. The zero-order chi connectivity index (χ0) is 17.2. The number of aliphatic hydroxyl groups excluding tert-OH is 1. The second-order valence-corrected chi connectivity index (χ2v) is 6.79. The Kier molecular flexibility index (Phi) is 4.51. The van der Waals surface area contributed by atoms with Crippen molar-refractivity contribution in [2.24, 2.45) is 0 Å². The van der Waals surface area contributed by atoms with Crippen LogP contribution in [0.15, 0.2) is 48.8 Å². The number of aromatic amines is 1. The minimum absolute atomic E-state index is 0.303. The predicted molar refractivity (Wildman–Crippen MR) is 95.9 cm³/mol. The van der Waals surface area contributed by atoms with Gasteiger partial charge in [0.1, 0.15) is 11.5 Å². The Bertz CT molecular complexity index is 855. The molecule has 2 aromatic heterocycles. The van der Waals surface area contributed by atoms with Crippen molar-refractivity contribution < 1.29 is 9.50 Å². The summed E-state index contributed by atoms with van der Waals surface area (Å²) in [5, 5.41) is 11.6. The van der Waals surface area contributed by atoms with Gasteiger partial charge in [-0.15, -0.1) is 0 Å². The lowest BCUT2D eigenvalue weighted by molar-refractivity contribution is 0.0971. The summed E-state index contributed by atoms with van der Waals surface area (Å²) in [5.74, 6) is 0.212. The molecular weight excluding hydrogens is 317 g/mol. The van der Waals surface area contributed by atoms with E-state index in [0.717, 1.165) is 31.6 Å². The Labute approximate surface area is 146 Å². The number of H-pyrrole nitrogens is 1. The molecule has 25 heavy (non-hydrogen) atoms. The van der Waals surface area contributed by atoms with Gasteiger partial charge >= 0.3 is 0 Å². The van der Waals surface area contributed by atoms with Crippen LogP contribution < -0.4 is 0 Å². The van der Waals surface area contributed by atoms with Crippen LogP contribution in [0.3, 0.4) is 0 Å². The first-order chi connectivity index (χ1) is 12.2. The molecule has 1 atom stereocenters. The third-order valence-electron chi connectivity index (χ3n) is 5.18. The molecule has 1 aliphatic rings. The molecule has 0 aliphatic carbocycles. The minimum atomic E-state index is -0.649. The predicted octanol–water partition coefficient (Wildman–Crippen LogP) is 3.62. The van der Waals surface area contributed by atoms with Gasteiger partial charge < -0.3 is 15.0 Å². The van der Waals surface area contributed by atoms with Crippen molar-refractivity contribution in [2.75, 3.05) is 19.6 Å². The molecule has 0 saturated carbocycles. The standard InChI is InChI=1S/C20H22FN3O/c21-16-4-1-3-15(11-16)19(25)13-24-9-6-14(7-10-24)18-12-23-20-17(18)5-2-8-22-20/h1-5,8,11-12,14,19,25H,6-7,9-10,13H2,(H,22,23). The Morgan fingerprint density at radius 3 is 2.88 bits per heavy atom. The lowest BCUT2D eigenvalue weighted by Crippen LogP contribution is -2.36. The number of nitrogens with zero attached hydrogens (tertiary/aromatic N) is 2. The molecule has 0 amide bonds. The van der Waals surface area contributed by atoms with Gasteiger partial charge in [-0.1, -0.05) is 12.1 Å². The number of aromatic nitrogens is 2. The highest BCUT2D eigenvalue weighted by atomic mass is 19.1. The van der Waals surface area contributed by atoms with Gasteiger partial charge in [-0.25, -0.2) is 9.37 Å². The summed E-state index contributed by atoms with van der Waals surface area (Å²) in [6, 6.07) is 10.3. The van der Waals surface area contributed by atoms with Gasteiger partial charge in [-0.3, -0.25) is 0 Å². The number of likely N-dealkylation sites (tertiary alicyclic amines) is 1. The summed E-state index contributed by atoms with van der Waals surface area (Å²) in [4.78, 5) is 9.88. The summed E-state index contributed by atoms with van der Waals surface area (Å²) in [6.07, 6.45) is 5.35. The van der Waals surface area contributed by atoms with Crippen molar-refractivity contribution in [3.8, 4) is 0 Å². The molecule has 1 aliphatic heterocycles. The molecule has 2 N–H and O–H groups in total. The van der Waals surface area contributed by atoms with Crippen LogP contribution in [0.5, 0.6) is 0 Å². The Morgan fingerprint density at radius 1 is 1.24 bits per heavy atom. The number of piperidine rings is 1. The van der Waals surface area contributed by atoms with E-state index < -0.39 is 6.10 Å². The van der Waals surface area contributed by atoms with Gasteiger partial charge in [0.05, 0.1) is 6.10 Å². The van der Waals surface area contributed by atoms with Crippen molar-refractivity contribution >= 4 is 11.0 Å². The van der Waals surface area contributed by atoms with E-state index in [1.54, 1.807) is 18.3 Å². The van der Waals surface area contributed by atoms with Crippen molar-refractivity contribution in [1.82, 2.24) is 14.9 Å². The number of benzene rings is 1. The summed E-state index contributed by atoms with van der Waals surface area (Å²) in [7, 11) is 0. The van der Waals surface area contributed by atoms with Gasteiger partial charge in [-0.2, -0.15) is 0 Å². The molecule has 0 spiro atoms. The number of pyridine rings is 1. The van der Waals surface area contributed by atoms with E-state index in [2.05, 4.69) is 27.1 Å². The highest BCUT2D eigenvalue weighted by molar-refractivity contribution is 5.80. The molecule has 1 unspecified atom stereocenters. The largest absolute Gasteiger partial charge is 0.387 e. The van der Waals surface area contributed by atoms with Gasteiger partial charge in [-0.05, 0) is 67.2 Å². The average molecular weight is 339 g/mol. The van der Waals surface area contributed by atoms with E-state index in [9.17, 15) is 9.50 Å². The lowest BCUT2D eigenvalue weighted by atomic mass is 9.89. The molecule has 4 rings (SSSR count). The van der Waals surface area contributed by atoms with Gasteiger partial charge in [0.25, 0.3) is 0 Å². The lowest BCUT2D eigenvalue weighted by Gasteiger charge is -2.33. The second-order valence-electron chi connectivity index (χ2n) is 6.79. The summed E-state index contributed by atoms with van der Waals surface area (Å²) in [5.41, 5.74) is 2.93. The number of rotatable bonds is 4. The number of fused-ring (bicyclic) bond motifs is 1. The van der Waals surface area contributed by atoms with Crippen molar-refractivity contribution in [2.45, 2.75) is 24.9 Å². The molecule has 0 radical (unpaired) electrons. The zero-order valence-electron chi connectivity index (χ0n) is 14.0. The number of hydrogen-bond donors (Lipinski definition) is 2. The molecule has 1 saturated heterocycles. The number of hydrogen-bond acceptors (Lipinski definition) is 3. The van der Waals surface area contributed by atoms with E-state index in [4.69, 9.17) is 0 Å². The Morgan fingerprint density at radius 2 is 2.08 bits per heavy atom. The third kappa shape index (κ3) is 3.43. The molecule has 5 heteroatoms. The first-order valence-corrected chi connectivity index (χ1v) is 8.78. The highest BCUT2D eigenvalue weighted by Crippen LogP contribution is 2.33. The first kappa shape index (κ1) is 16.2. The average Bonchev–Trinajstić information content (AvgIpc) is 3.06. The van der Waals surface area contributed by atoms with E-state index >= 15 is 0 Å². The zero-order valence-corrected chi connectivity index (χ0v) is 14.0. The molecule has 1 fully saturated rings. The van der Waals surface area contributed by atoms with Gasteiger partial charge in [0.15, 0.2) is 0 Å². The Balaban J connectivity index is 1.38. The smallest absolute Gasteiger partial charge is 0.137 e. The fraction of sp³-hybridized carbons (Fsp3) is 0.350. The summed E-state index contributed by atoms with van der Waals surface area (Å²) >= 11 is 0. The molecule has 130 valence electrons. The monoisotopic (exact) mass is 339 g/mol. The third-order valence-corrected chi connectivity index (χ3v) is 5.18. The van der Waals surface area contributed by atoms with E-state index in [0.29, 0.717) is 18.0 Å². The fourth-order valence-electron chi connectivity index (χ4n) is 3.81. The van der Waals surface area contributed by atoms with Gasteiger partial charge in [0.2, 0.25) is 0 Å². The van der Waals surface area contributed by atoms with Crippen molar-refractivity contribution in [1.29, 1.82) is 0 Å². The van der Waals surface area contributed by atoms with Crippen molar-refractivity contribution in [3.63, 3.8) is 0 Å². The molecule has 0 bridgehead atoms. The molecule has 3 heterocycles. The number of β-amino-alcohol motifs (C(OH)–C–C–N with tert-alkyl or cyclic N) is 1. The van der Waals surface area contributed by atoms with Crippen LogP contribution in [0.2, 0.25) is 0 Å². The van der Waals surface area contributed by atoms with E-state index in [1.165, 1.54) is 23.1 Å². The maximum absolute atomic E-state index is 13.3. The second kappa shape index (κ2) is 6.94. The van der Waals surface area contributed by atoms with Gasteiger partial charge in [0, 0.05) is 24.3 Å². The topological polar surface area (TPSA) is 52.1 Å². The molecule has 1 aromatic carbocycles. The minimum Gasteiger partial charge on any atom is -0.387 e.